The third kappa shape index (κ3) is 4.90. The second-order valence-corrected chi connectivity index (χ2v) is 5.61. The largest absolute Gasteiger partial charge is 0.459 e. The third-order valence-electron chi connectivity index (χ3n) is 3.61. The second-order valence-electron chi connectivity index (χ2n) is 5.61. The van der Waals surface area contributed by atoms with Crippen LogP contribution in [0.2, 0.25) is 0 Å². The number of halogens is 1. The normalized spacial score (nSPS) is 14.7. The highest BCUT2D eigenvalue weighted by atomic mass is 127. The maximum Gasteiger partial charge on any atom is 0.191 e. The van der Waals surface area contributed by atoms with E-state index in [0.717, 1.165) is 35.7 Å². The minimum absolute atomic E-state index is 0. The van der Waals surface area contributed by atoms with E-state index in [1.54, 1.807) is 0 Å². The van der Waals surface area contributed by atoms with Crippen molar-refractivity contribution < 1.29 is 4.42 Å². The van der Waals surface area contributed by atoms with E-state index in [9.17, 15) is 0 Å². The molecule has 5 heteroatoms. The Labute approximate surface area is 148 Å². The lowest BCUT2D eigenvalue weighted by atomic mass is 10.2. The predicted molar refractivity (Wildman–Crippen MR) is 102 cm³/mol. The molecule has 0 unspecified atom stereocenters. The molecule has 0 radical (unpaired) electrons. The van der Waals surface area contributed by atoms with Crippen LogP contribution in [0, 0.1) is 0 Å². The van der Waals surface area contributed by atoms with Crippen molar-refractivity contribution in [2.75, 3.05) is 6.54 Å². The molecular weight excluding hydrogens is 389 g/mol. The molecule has 1 aliphatic rings. The van der Waals surface area contributed by atoms with E-state index in [1.807, 2.05) is 18.2 Å². The zero-order chi connectivity index (χ0) is 14.5. The summed E-state index contributed by atoms with van der Waals surface area (Å²) in [6.45, 7) is 3.74. The number of furan rings is 1. The minimum atomic E-state index is 0. The fourth-order valence-corrected chi connectivity index (χ4v) is 2.23. The molecule has 4 nitrogen and oxygen atoms in total. The molecule has 0 amide bonds. The fraction of sp³-hybridized carbons (Fsp3) is 0.471. The number of rotatable bonds is 6. The first-order valence-electron chi connectivity index (χ1n) is 7.87. The van der Waals surface area contributed by atoms with Crippen LogP contribution in [0.4, 0.5) is 0 Å². The van der Waals surface area contributed by atoms with E-state index >= 15 is 0 Å². The van der Waals surface area contributed by atoms with Gasteiger partial charge in [-0.25, -0.2) is 4.99 Å². The Bertz CT molecular complexity index is 586. The lowest BCUT2D eigenvalue weighted by Gasteiger charge is -2.11. The first-order valence-corrected chi connectivity index (χ1v) is 7.87. The van der Waals surface area contributed by atoms with Gasteiger partial charge in [0, 0.05) is 18.0 Å². The molecule has 0 saturated heterocycles. The molecule has 2 N–H and O–H groups in total. The van der Waals surface area contributed by atoms with E-state index in [0.29, 0.717) is 12.6 Å². The van der Waals surface area contributed by atoms with E-state index < -0.39 is 0 Å². The first kappa shape index (κ1) is 17.1. The van der Waals surface area contributed by atoms with Crippen LogP contribution in [0.5, 0.6) is 0 Å². The lowest BCUT2D eigenvalue weighted by Crippen LogP contribution is -2.39. The molecule has 1 heterocycles. The van der Waals surface area contributed by atoms with Crippen molar-refractivity contribution >= 4 is 40.9 Å². The fourth-order valence-electron chi connectivity index (χ4n) is 2.23. The predicted octanol–water partition coefficient (Wildman–Crippen LogP) is 4.05. The molecule has 2 aromatic rings. The van der Waals surface area contributed by atoms with E-state index in [2.05, 4.69) is 34.7 Å². The Balaban J connectivity index is 0.00000176. The Morgan fingerprint density at radius 2 is 2.14 bits per heavy atom. The summed E-state index contributed by atoms with van der Waals surface area (Å²) in [6.07, 6.45) is 4.85. The minimum Gasteiger partial charge on any atom is -0.459 e. The van der Waals surface area contributed by atoms with E-state index in [4.69, 9.17) is 4.42 Å². The number of hydrogen-bond donors (Lipinski definition) is 2. The number of unbranched alkanes of at least 4 members (excludes halogenated alkanes) is 1. The monoisotopic (exact) mass is 413 g/mol. The van der Waals surface area contributed by atoms with Crippen LogP contribution < -0.4 is 10.6 Å². The van der Waals surface area contributed by atoms with Gasteiger partial charge in [0.1, 0.15) is 17.9 Å². The van der Waals surface area contributed by atoms with Gasteiger partial charge in [0.25, 0.3) is 0 Å². The van der Waals surface area contributed by atoms with Crippen molar-refractivity contribution in [1.82, 2.24) is 10.6 Å². The average molecular weight is 413 g/mol. The highest BCUT2D eigenvalue weighted by molar-refractivity contribution is 14.0. The molecule has 22 heavy (non-hydrogen) atoms. The summed E-state index contributed by atoms with van der Waals surface area (Å²) in [5.41, 5.74) is 0.929. The number of nitrogens with zero attached hydrogens (tertiary/aromatic N) is 1. The summed E-state index contributed by atoms with van der Waals surface area (Å²) < 4.78 is 5.80. The number of benzene rings is 1. The molecule has 1 aromatic heterocycles. The molecule has 0 atom stereocenters. The molecule has 1 fully saturated rings. The van der Waals surface area contributed by atoms with E-state index in [-0.39, 0.29) is 24.0 Å². The highest BCUT2D eigenvalue weighted by Gasteiger charge is 2.22. The molecule has 3 rings (SSSR count). The van der Waals surface area contributed by atoms with Crippen molar-refractivity contribution in [2.45, 2.75) is 45.2 Å². The van der Waals surface area contributed by atoms with Gasteiger partial charge in [-0.15, -0.1) is 24.0 Å². The van der Waals surface area contributed by atoms with Gasteiger partial charge in [-0.2, -0.15) is 0 Å². The molecule has 0 bridgehead atoms. The van der Waals surface area contributed by atoms with Crippen molar-refractivity contribution in [3.05, 3.63) is 36.1 Å². The van der Waals surface area contributed by atoms with Crippen LogP contribution in [-0.4, -0.2) is 18.5 Å². The quantitative estimate of drug-likeness (QED) is 0.325. The average Bonchev–Trinajstić information content (AvgIpc) is 3.21. The molecule has 120 valence electrons. The maximum atomic E-state index is 5.80. The smallest absolute Gasteiger partial charge is 0.191 e. The van der Waals surface area contributed by atoms with Crippen LogP contribution in [-0.2, 0) is 6.54 Å². The topological polar surface area (TPSA) is 49.6 Å². The van der Waals surface area contributed by atoms with Crippen molar-refractivity contribution in [2.24, 2.45) is 4.99 Å². The van der Waals surface area contributed by atoms with Gasteiger partial charge in [-0.1, -0.05) is 31.5 Å². The molecule has 0 aliphatic heterocycles. The molecular formula is C17H24IN3O. The zero-order valence-electron chi connectivity index (χ0n) is 13.0. The summed E-state index contributed by atoms with van der Waals surface area (Å²) in [5.74, 6) is 1.81. The van der Waals surface area contributed by atoms with Crippen LogP contribution in [0.1, 0.15) is 38.4 Å². The number of aliphatic imine (C=N–C) groups is 1. The molecule has 0 spiro atoms. The zero-order valence-corrected chi connectivity index (χ0v) is 15.3. The number of fused-ring (bicyclic) bond motifs is 1. The number of para-hydroxylation sites is 1. The van der Waals surface area contributed by atoms with E-state index in [1.165, 1.54) is 19.3 Å². The lowest BCUT2D eigenvalue weighted by molar-refractivity contribution is 0.551. The van der Waals surface area contributed by atoms with Crippen LogP contribution in [0.15, 0.2) is 39.7 Å². The van der Waals surface area contributed by atoms with Gasteiger partial charge in [-0.3, -0.25) is 0 Å². The number of hydrogen-bond acceptors (Lipinski definition) is 2. The van der Waals surface area contributed by atoms with Gasteiger partial charge in [-0.05, 0) is 31.4 Å². The summed E-state index contributed by atoms with van der Waals surface area (Å²) in [5, 5.41) is 7.98. The van der Waals surface area contributed by atoms with Gasteiger partial charge >= 0.3 is 0 Å². The second kappa shape index (κ2) is 8.41. The number of guanidine groups is 1. The van der Waals surface area contributed by atoms with Gasteiger partial charge in [0.2, 0.25) is 0 Å². The Hall–Kier alpha value is -1.24. The maximum absolute atomic E-state index is 5.80. The van der Waals surface area contributed by atoms with Crippen molar-refractivity contribution in [3.63, 3.8) is 0 Å². The van der Waals surface area contributed by atoms with Crippen molar-refractivity contribution in [3.8, 4) is 0 Å². The summed E-state index contributed by atoms with van der Waals surface area (Å²) in [7, 11) is 0. The third-order valence-corrected chi connectivity index (χ3v) is 3.61. The molecule has 1 aliphatic carbocycles. The van der Waals surface area contributed by atoms with Crippen LogP contribution in [0.25, 0.3) is 11.0 Å². The summed E-state index contributed by atoms with van der Waals surface area (Å²) >= 11 is 0. The Morgan fingerprint density at radius 3 is 2.86 bits per heavy atom. The van der Waals surface area contributed by atoms with Crippen molar-refractivity contribution in [1.29, 1.82) is 0 Å². The van der Waals surface area contributed by atoms with Gasteiger partial charge < -0.3 is 15.1 Å². The summed E-state index contributed by atoms with van der Waals surface area (Å²) in [6, 6.07) is 10.7. The first-order chi connectivity index (χ1) is 10.3. The number of nitrogens with one attached hydrogen (secondary N) is 2. The molecule has 1 saturated carbocycles. The SMILES string of the molecule is CCCCNC(=NCc1cc2ccccc2o1)NC1CC1.I. The molecule has 1 aromatic carbocycles. The Morgan fingerprint density at radius 1 is 1.32 bits per heavy atom. The Kier molecular flexibility index (Phi) is 6.54. The van der Waals surface area contributed by atoms with Crippen LogP contribution in [0.3, 0.4) is 0 Å². The summed E-state index contributed by atoms with van der Waals surface area (Å²) in [4.78, 5) is 4.64. The van der Waals surface area contributed by atoms with Gasteiger partial charge in [0.05, 0.1) is 0 Å². The van der Waals surface area contributed by atoms with Crippen LogP contribution >= 0.6 is 24.0 Å². The standard InChI is InChI=1S/C17H23N3O.HI/c1-2-3-10-18-17(20-14-8-9-14)19-12-15-11-13-6-4-5-7-16(13)21-15;/h4-7,11,14H,2-3,8-10,12H2,1H3,(H2,18,19,20);1H. The van der Waals surface area contributed by atoms with Gasteiger partial charge in [0.15, 0.2) is 5.96 Å². The highest BCUT2D eigenvalue weighted by Crippen LogP contribution is 2.20.